The smallest absolute Gasteiger partial charge is 0.283 e. The van der Waals surface area contributed by atoms with Gasteiger partial charge in [0.1, 0.15) is 4.47 Å². The zero-order chi connectivity index (χ0) is 14.5. The maximum atomic E-state index is 12.1. The summed E-state index contributed by atoms with van der Waals surface area (Å²) in [5.74, 6) is 0.816. The van der Waals surface area contributed by atoms with Crippen LogP contribution in [0.1, 0.15) is 32.6 Å². The van der Waals surface area contributed by atoms with Crippen LogP contribution in [0, 0.1) is 5.92 Å². The van der Waals surface area contributed by atoms with Crippen LogP contribution in [-0.4, -0.2) is 29.5 Å². The van der Waals surface area contributed by atoms with Gasteiger partial charge in [-0.15, -0.1) is 0 Å². The predicted octanol–water partition coefficient (Wildman–Crippen LogP) is 2.64. The van der Waals surface area contributed by atoms with Crippen molar-refractivity contribution < 1.29 is 4.74 Å². The summed E-state index contributed by atoms with van der Waals surface area (Å²) in [6.07, 6.45) is 6.52. The monoisotopic (exact) mass is 343 g/mol. The van der Waals surface area contributed by atoms with Crippen molar-refractivity contribution in [2.24, 2.45) is 5.92 Å². The van der Waals surface area contributed by atoms with Crippen LogP contribution in [0.4, 0.5) is 5.69 Å². The molecule has 1 saturated carbocycles. The molecule has 1 aliphatic carbocycles. The molecule has 112 valence electrons. The van der Waals surface area contributed by atoms with E-state index in [9.17, 15) is 4.79 Å². The van der Waals surface area contributed by atoms with Crippen LogP contribution in [-0.2, 0) is 11.3 Å². The lowest BCUT2D eigenvalue weighted by atomic mass is 9.87. The Morgan fingerprint density at radius 3 is 2.80 bits per heavy atom. The van der Waals surface area contributed by atoms with E-state index in [0.29, 0.717) is 23.7 Å². The van der Waals surface area contributed by atoms with Crippen molar-refractivity contribution in [1.29, 1.82) is 0 Å². The predicted molar refractivity (Wildman–Crippen MR) is 83.1 cm³/mol. The molecular formula is C14H22BrN3O2. The second kappa shape index (κ2) is 7.22. The third kappa shape index (κ3) is 3.82. The minimum atomic E-state index is -0.115. The molecule has 6 heteroatoms. The molecular weight excluding hydrogens is 322 g/mol. The molecule has 0 amide bonds. The Balaban J connectivity index is 2.05. The summed E-state index contributed by atoms with van der Waals surface area (Å²) < 4.78 is 6.95. The van der Waals surface area contributed by atoms with Gasteiger partial charge in [0, 0.05) is 13.2 Å². The zero-order valence-corrected chi connectivity index (χ0v) is 13.6. The molecule has 0 spiro atoms. The second-order valence-corrected chi connectivity index (χ2v) is 6.29. The Labute approximate surface area is 127 Å². The highest BCUT2D eigenvalue weighted by atomic mass is 79.9. The van der Waals surface area contributed by atoms with Crippen molar-refractivity contribution in [2.45, 2.75) is 45.2 Å². The van der Waals surface area contributed by atoms with Crippen molar-refractivity contribution in [3.8, 4) is 0 Å². The van der Waals surface area contributed by atoms with Crippen molar-refractivity contribution in [3.63, 3.8) is 0 Å². The second-order valence-electron chi connectivity index (χ2n) is 5.49. The fraction of sp³-hybridized carbons (Fsp3) is 0.714. The van der Waals surface area contributed by atoms with Crippen molar-refractivity contribution in [3.05, 3.63) is 21.0 Å². The van der Waals surface area contributed by atoms with Gasteiger partial charge in [0.15, 0.2) is 0 Å². The van der Waals surface area contributed by atoms with Crippen LogP contribution in [0.15, 0.2) is 15.5 Å². The number of nitrogens with one attached hydrogen (secondary N) is 1. The number of nitrogens with zero attached hydrogens (tertiary/aromatic N) is 2. The first kappa shape index (κ1) is 15.5. The van der Waals surface area contributed by atoms with Gasteiger partial charge in [-0.3, -0.25) is 4.79 Å². The molecule has 1 fully saturated rings. The standard InChI is InChI=1S/C14H22BrN3O2/c1-10-3-5-11(6-4-10)17-12-9-16-18(7-8-20-2)14(19)13(12)15/h9-11,17H,3-8H2,1-2H3. The van der Waals surface area contributed by atoms with E-state index in [4.69, 9.17) is 4.74 Å². The summed E-state index contributed by atoms with van der Waals surface area (Å²) in [5.41, 5.74) is 0.680. The van der Waals surface area contributed by atoms with Gasteiger partial charge in [-0.05, 0) is 47.5 Å². The van der Waals surface area contributed by atoms with E-state index >= 15 is 0 Å². The van der Waals surface area contributed by atoms with Crippen LogP contribution in [0.2, 0.25) is 0 Å². The Bertz CT molecular complexity index is 496. The van der Waals surface area contributed by atoms with Crippen molar-refractivity contribution in [2.75, 3.05) is 19.0 Å². The molecule has 0 aliphatic heterocycles. The Hall–Kier alpha value is -0.880. The highest BCUT2D eigenvalue weighted by Gasteiger charge is 2.19. The average molecular weight is 344 g/mol. The van der Waals surface area contributed by atoms with E-state index in [-0.39, 0.29) is 5.56 Å². The van der Waals surface area contributed by atoms with Crippen LogP contribution in [0.3, 0.4) is 0 Å². The van der Waals surface area contributed by atoms with E-state index in [0.717, 1.165) is 24.4 Å². The molecule has 1 heterocycles. The average Bonchev–Trinajstić information content (AvgIpc) is 2.45. The Kier molecular flexibility index (Phi) is 5.60. The van der Waals surface area contributed by atoms with Crippen LogP contribution in [0.5, 0.6) is 0 Å². The third-order valence-corrected chi connectivity index (χ3v) is 4.63. The first-order valence-corrected chi connectivity index (χ1v) is 7.92. The SMILES string of the molecule is COCCn1ncc(NC2CCC(C)CC2)c(Br)c1=O. The maximum Gasteiger partial charge on any atom is 0.283 e. The van der Waals surface area contributed by atoms with Gasteiger partial charge >= 0.3 is 0 Å². The van der Waals surface area contributed by atoms with Gasteiger partial charge < -0.3 is 10.1 Å². The summed E-state index contributed by atoms with van der Waals surface area (Å²) in [5, 5.41) is 7.63. The Morgan fingerprint density at radius 2 is 2.15 bits per heavy atom. The lowest BCUT2D eigenvalue weighted by Gasteiger charge is -2.27. The molecule has 0 aromatic carbocycles. The lowest BCUT2D eigenvalue weighted by Crippen LogP contribution is -2.29. The number of ether oxygens (including phenoxy) is 1. The first-order chi connectivity index (χ1) is 9.61. The quantitative estimate of drug-likeness (QED) is 0.892. The van der Waals surface area contributed by atoms with Crippen LogP contribution in [0.25, 0.3) is 0 Å². The van der Waals surface area contributed by atoms with Gasteiger partial charge in [-0.2, -0.15) is 5.10 Å². The Morgan fingerprint density at radius 1 is 1.45 bits per heavy atom. The molecule has 1 aromatic rings. The highest BCUT2D eigenvalue weighted by Crippen LogP contribution is 2.27. The summed E-state index contributed by atoms with van der Waals surface area (Å²) in [6, 6.07) is 0.443. The number of hydrogen-bond donors (Lipinski definition) is 1. The molecule has 0 unspecified atom stereocenters. The van der Waals surface area contributed by atoms with Crippen LogP contribution >= 0.6 is 15.9 Å². The molecule has 1 aliphatic rings. The molecule has 0 bridgehead atoms. The summed E-state index contributed by atoms with van der Waals surface area (Å²) in [7, 11) is 1.61. The van der Waals surface area contributed by atoms with Gasteiger partial charge in [0.25, 0.3) is 5.56 Å². The first-order valence-electron chi connectivity index (χ1n) is 7.13. The third-order valence-electron chi connectivity index (χ3n) is 3.87. The van der Waals surface area contributed by atoms with Crippen LogP contribution < -0.4 is 10.9 Å². The molecule has 0 atom stereocenters. The topological polar surface area (TPSA) is 56.1 Å². The molecule has 5 nitrogen and oxygen atoms in total. The van der Waals surface area contributed by atoms with E-state index in [1.807, 2.05) is 0 Å². The fourth-order valence-corrected chi connectivity index (χ4v) is 2.95. The number of halogens is 1. The zero-order valence-electron chi connectivity index (χ0n) is 12.1. The fourth-order valence-electron chi connectivity index (χ4n) is 2.53. The van der Waals surface area contributed by atoms with Gasteiger partial charge in [0.05, 0.1) is 25.0 Å². The van der Waals surface area contributed by atoms with Crippen molar-refractivity contribution in [1.82, 2.24) is 9.78 Å². The normalized spacial score (nSPS) is 22.8. The summed E-state index contributed by atoms with van der Waals surface area (Å²) >= 11 is 3.38. The van der Waals surface area contributed by atoms with E-state index in [1.165, 1.54) is 17.5 Å². The van der Waals surface area contributed by atoms with Gasteiger partial charge in [-0.1, -0.05) is 6.92 Å². The number of aromatic nitrogens is 2. The van der Waals surface area contributed by atoms with Crippen molar-refractivity contribution >= 4 is 21.6 Å². The minimum Gasteiger partial charge on any atom is -0.383 e. The number of methoxy groups -OCH3 is 1. The molecule has 1 aromatic heterocycles. The van der Waals surface area contributed by atoms with Gasteiger partial charge in [0.2, 0.25) is 0 Å². The summed E-state index contributed by atoms with van der Waals surface area (Å²) in [6.45, 7) is 3.24. The molecule has 2 rings (SSSR count). The maximum absolute atomic E-state index is 12.1. The van der Waals surface area contributed by atoms with Gasteiger partial charge in [-0.25, -0.2) is 4.68 Å². The molecule has 1 N–H and O–H groups in total. The molecule has 0 saturated heterocycles. The number of rotatable bonds is 5. The van der Waals surface area contributed by atoms with E-state index < -0.39 is 0 Å². The molecule has 20 heavy (non-hydrogen) atoms. The summed E-state index contributed by atoms with van der Waals surface area (Å²) in [4.78, 5) is 12.1. The lowest BCUT2D eigenvalue weighted by molar-refractivity contribution is 0.181. The largest absolute Gasteiger partial charge is 0.383 e. The number of hydrogen-bond acceptors (Lipinski definition) is 4. The minimum absolute atomic E-state index is 0.115. The molecule has 0 radical (unpaired) electrons. The van der Waals surface area contributed by atoms with E-state index in [1.54, 1.807) is 13.3 Å². The number of anilines is 1. The van der Waals surface area contributed by atoms with E-state index in [2.05, 4.69) is 33.3 Å². The highest BCUT2D eigenvalue weighted by molar-refractivity contribution is 9.10.